The summed E-state index contributed by atoms with van der Waals surface area (Å²) in [5.74, 6) is -0.355. The molecule has 19 heavy (non-hydrogen) atoms. The van der Waals surface area contributed by atoms with Crippen LogP contribution in [0, 0.1) is 0 Å². The van der Waals surface area contributed by atoms with E-state index in [4.69, 9.17) is 11.6 Å². The van der Waals surface area contributed by atoms with Crippen LogP contribution in [0.25, 0.3) is 10.9 Å². The Hall–Kier alpha value is -2.47. The van der Waals surface area contributed by atoms with Gasteiger partial charge >= 0.3 is 0 Å². The van der Waals surface area contributed by atoms with E-state index in [1.54, 1.807) is 12.3 Å². The van der Waals surface area contributed by atoms with E-state index in [0.29, 0.717) is 5.69 Å². The number of anilines is 1. The normalized spacial score (nSPS) is 10.6. The molecule has 0 atom stereocenters. The Labute approximate surface area is 112 Å². The first-order chi connectivity index (χ1) is 9.24. The number of benzene rings is 1. The van der Waals surface area contributed by atoms with E-state index in [-0.39, 0.29) is 16.8 Å². The highest BCUT2D eigenvalue weighted by Crippen LogP contribution is 2.20. The molecule has 2 heterocycles. The molecule has 1 amide bonds. The van der Waals surface area contributed by atoms with E-state index in [1.807, 2.05) is 12.1 Å². The Morgan fingerprint density at radius 2 is 2.11 bits per heavy atom. The highest BCUT2D eigenvalue weighted by Gasteiger charge is 2.10. The smallest absolute Gasteiger partial charge is 0.275 e. The van der Waals surface area contributed by atoms with Gasteiger partial charge in [0.25, 0.3) is 5.91 Å². The molecule has 0 aliphatic heterocycles. The van der Waals surface area contributed by atoms with Gasteiger partial charge in [0.05, 0.1) is 29.8 Å². The summed E-state index contributed by atoms with van der Waals surface area (Å²) in [6.45, 7) is 0. The molecule has 0 saturated carbocycles. The summed E-state index contributed by atoms with van der Waals surface area (Å²) in [6.07, 6.45) is 4.34. The molecule has 0 aliphatic rings. The van der Waals surface area contributed by atoms with E-state index in [9.17, 15) is 4.79 Å². The lowest BCUT2D eigenvalue weighted by molar-refractivity contribution is 0.102. The maximum atomic E-state index is 12.0. The number of para-hydroxylation sites is 1. The minimum atomic E-state index is -0.355. The molecule has 0 bridgehead atoms. The van der Waals surface area contributed by atoms with Crippen molar-refractivity contribution >= 4 is 34.1 Å². The van der Waals surface area contributed by atoms with Crippen molar-refractivity contribution in [1.29, 1.82) is 0 Å². The Bertz CT molecular complexity index is 737. The number of halogens is 1. The monoisotopic (exact) mass is 273 g/mol. The first-order valence-electron chi connectivity index (χ1n) is 5.45. The maximum Gasteiger partial charge on any atom is 0.275 e. The van der Waals surface area contributed by atoms with Crippen LogP contribution in [0.4, 0.5) is 5.69 Å². The summed E-state index contributed by atoms with van der Waals surface area (Å²) in [7, 11) is 0. The zero-order valence-corrected chi connectivity index (χ0v) is 10.3. The van der Waals surface area contributed by atoms with Crippen molar-refractivity contribution in [1.82, 2.24) is 20.2 Å². The first-order valence-corrected chi connectivity index (χ1v) is 5.83. The van der Waals surface area contributed by atoms with E-state index >= 15 is 0 Å². The quantitative estimate of drug-likeness (QED) is 0.750. The van der Waals surface area contributed by atoms with Crippen molar-refractivity contribution in [2.75, 3.05) is 5.32 Å². The second-order valence-corrected chi connectivity index (χ2v) is 4.21. The van der Waals surface area contributed by atoms with Gasteiger partial charge in [0.2, 0.25) is 0 Å². The predicted molar refractivity (Wildman–Crippen MR) is 71.1 cm³/mol. The number of hydrogen-bond acceptors (Lipinski definition) is 4. The molecule has 3 rings (SSSR count). The highest BCUT2D eigenvalue weighted by atomic mass is 35.5. The van der Waals surface area contributed by atoms with Crippen molar-refractivity contribution in [3.63, 3.8) is 0 Å². The minimum Gasteiger partial charge on any atom is -0.319 e. The third-order valence-electron chi connectivity index (χ3n) is 2.58. The number of aromatic amines is 1. The SMILES string of the molecule is O=C(Nc1cccc2cn[nH]c12)c1cnc(Cl)cn1. The molecule has 7 heteroatoms. The number of nitrogens with zero attached hydrogens (tertiary/aromatic N) is 3. The lowest BCUT2D eigenvalue weighted by Crippen LogP contribution is -2.14. The molecule has 3 aromatic rings. The third-order valence-corrected chi connectivity index (χ3v) is 2.77. The average Bonchev–Trinajstić information content (AvgIpc) is 2.89. The lowest BCUT2D eigenvalue weighted by atomic mass is 10.2. The van der Waals surface area contributed by atoms with Crippen LogP contribution < -0.4 is 5.32 Å². The Morgan fingerprint density at radius 3 is 2.89 bits per heavy atom. The zero-order chi connectivity index (χ0) is 13.2. The van der Waals surface area contributed by atoms with Crippen LogP contribution in [0.5, 0.6) is 0 Å². The van der Waals surface area contributed by atoms with Crippen molar-refractivity contribution in [3.8, 4) is 0 Å². The van der Waals surface area contributed by atoms with Crippen LogP contribution in [0.15, 0.2) is 36.8 Å². The number of rotatable bonds is 2. The van der Waals surface area contributed by atoms with Crippen molar-refractivity contribution in [2.24, 2.45) is 0 Å². The molecule has 94 valence electrons. The number of hydrogen-bond donors (Lipinski definition) is 2. The largest absolute Gasteiger partial charge is 0.319 e. The summed E-state index contributed by atoms with van der Waals surface area (Å²) in [5, 5.41) is 10.7. The summed E-state index contributed by atoms with van der Waals surface area (Å²) in [6, 6.07) is 5.51. The van der Waals surface area contributed by atoms with Crippen LogP contribution in [-0.2, 0) is 0 Å². The van der Waals surface area contributed by atoms with Crippen LogP contribution in [0.1, 0.15) is 10.5 Å². The fraction of sp³-hybridized carbons (Fsp3) is 0. The van der Waals surface area contributed by atoms with Crippen molar-refractivity contribution in [3.05, 3.63) is 47.6 Å². The van der Waals surface area contributed by atoms with Gasteiger partial charge in [-0.25, -0.2) is 9.97 Å². The minimum absolute atomic E-state index is 0.195. The topological polar surface area (TPSA) is 83.6 Å². The van der Waals surface area contributed by atoms with E-state index in [0.717, 1.165) is 10.9 Å². The first kappa shape index (κ1) is 11.6. The summed E-state index contributed by atoms with van der Waals surface area (Å²) in [5.41, 5.74) is 1.59. The fourth-order valence-electron chi connectivity index (χ4n) is 1.69. The predicted octanol–water partition coefficient (Wildman–Crippen LogP) is 2.26. The summed E-state index contributed by atoms with van der Waals surface area (Å²) >= 11 is 5.62. The second-order valence-electron chi connectivity index (χ2n) is 3.82. The molecular weight excluding hydrogens is 266 g/mol. The van der Waals surface area contributed by atoms with Gasteiger partial charge in [0.1, 0.15) is 10.8 Å². The number of fused-ring (bicyclic) bond motifs is 1. The van der Waals surface area contributed by atoms with E-state index < -0.39 is 0 Å². The van der Waals surface area contributed by atoms with Gasteiger partial charge in [-0.05, 0) is 6.07 Å². The van der Waals surface area contributed by atoms with Crippen LogP contribution in [-0.4, -0.2) is 26.1 Å². The van der Waals surface area contributed by atoms with E-state index in [1.165, 1.54) is 12.4 Å². The Balaban J connectivity index is 1.90. The molecule has 1 aromatic carbocycles. The van der Waals surface area contributed by atoms with Gasteiger partial charge in [-0.2, -0.15) is 5.10 Å². The average molecular weight is 274 g/mol. The molecule has 6 nitrogen and oxygen atoms in total. The number of carbonyl (C=O) groups excluding carboxylic acids is 1. The highest BCUT2D eigenvalue weighted by molar-refractivity contribution is 6.29. The molecule has 0 aliphatic carbocycles. The lowest BCUT2D eigenvalue weighted by Gasteiger charge is -2.05. The number of H-pyrrole nitrogens is 1. The maximum absolute atomic E-state index is 12.0. The summed E-state index contributed by atoms with van der Waals surface area (Å²) < 4.78 is 0. The van der Waals surface area contributed by atoms with Gasteiger partial charge in [-0.15, -0.1) is 0 Å². The van der Waals surface area contributed by atoms with Crippen molar-refractivity contribution < 1.29 is 4.79 Å². The van der Waals surface area contributed by atoms with Gasteiger partial charge in [0.15, 0.2) is 0 Å². The Morgan fingerprint density at radius 1 is 1.21 bits per heavy atom. The van der Waals surface area contributed by atoms with E-state index in [2.05, 4.69) is 25.5 Å². The second kappa shape index (κ2) is 4.66. The van der Waals surface area contributed by atoms with Gasteiger partial charge in [-0.1, -0.05) is 23.7 Å². The van der Waals surface area contributed by atoms with Gasteiger partial charge in [-0.3, -0.25) is 9.89 Å². The molecule has 2 N–H and O–H groups in total. The molecular formula is C12H8ClN5O. The molecule has 0 radical (unpaired) electrons. The van der Waals surface area contributed by atoms with Crippen LogP contribution >= 0.6 is 11.6 Å². The number of aromatic nitrogens is 4. The number of amides is 1. The molecule has 2 aromatic heterocycles. The molecule has 0 unspecified atom stereocenters. The third kappa shape index (κ3) is 2.25. The van der Waals surface area contributed by atoms with Crippen LogP contribution in [0.3, 0.4) is 0 Å². The van der Waals surface area contributed by atoms with Crippen LogP contribution in [0.2, 0.25) is 5.15 Å². The molecule has 0 saturated heterocycles. The van der Waals surface area contributed by atoms with Crippen molar-refractivity contribution in [2.45, 2.75) is 0 Å². The molecule has 0 fully saturated rings. The Kier molecular flexibility index (Phi) is 2.85. The number of nitrogens with one attached hydrogen (secondary N) is 2. The fourth-order valence-corrected chi connectivity index (χ4v) is 1.79. The van der Waals surface area contributed by atoms with Gasteiger partial charge in [0, 0.05) is 5.39 Å². The molecule has 0 spiro atoms. The standard InChI is InChI=1S/C12H8ClN5O/c13-10-6-14-9(5-15-10)12(19)17-8-3-1-2-7-4-16-18-11(7)8/h1-6H,(H,16,18)(H,17,19). The zero-order valence-electron chi connectivity index (χ0n) is 9.59. The summed E-state index contributed by atoms with van der Waals surface area (Å²) in [4.78, 5) is 19.7. The number of carbonyl (C=O) groups is 1. The van der Waals surface area contributed by atoms with Gasteiger partial charge < -0.3 is 5.32 Å².